The smallest absolute Gasteiger partial charge is 0.416 e. The number of nitrogens with zero attached hydrogens (tertiary/aromatic N) is 1. The van der Waals surface area contributed by atoms with Crippen LogP contribution in [0.5, 0.6) is 5.75 Å². The molecule has 0 aliphatic heterocycles. The van der Waals surface area contributed by atoms with Crippen molar-refractivity contribution in [3.63, 3.8) is 0 Å². The predicted octanol–water partition coefficient (Wildman–Crippen LogP) is 5.70. The molecule has 168 valence electrons. The maximum atomic E-state index is 13.0. The standard InChI is InChI=1S/C25H20F3N3O2/c1-33-21-11-5-16(6-12-21)15-29-24(32)18-9-7-17(8-10-18)22-14-23(31-30-22)19-3-2-4-20(13-19)25(26,27)28/h2-14H,15H2,1H3,(H,29,32)(H,30,31). The molecule has 1 aromatic heterocycles. The van der Waals surface area contributed by atoms with Gasteiger partial charge in [-0.15, -0.1) is 0 Å². The van der Waals surface area contributed by atoms with Crippen LogP contribution in [-0.2, 0) is 12.7 Å². The summed E-state index contributed by atoms with van der Waals surface area (Å²) in [5, 5.41) is 9.84. The summed E-state index contributed by atoms with van der Waals surface area (Å²) in [4.78, 5) is 12.4. The number of ether oxygens (including phenoxy) is 1. The number of hydrogen-bond donors (Lipinski definition) is 2. The fourth-order valence-corrected chi connectivity index (χ4v) is 3.30. The molecule has 0 spiro atoms. The molecular formula is C25H20F3N3O2. The van der Waals surface area contributed by atoms with Crippen LogP contribution in [0.15, 0.2) is 78.9 Å². The van der Waals surface area contributed by atoms with E-state index in [0.717, 1.165) is 29.0 Å². The molecule has 5 nitrogen and oxygen atoms in total. The fraction of sp³-hybridized carbons (Fsp3) is 0.120. The lowest BCUT2D eigenvalue weighted by Crippen LogP contribution is -2.22. The molecule has 0 aliphatic rings. The van der Waals surface area contributed by atoms with Crippen molar-refractivity contribution in [1.29, 1.82) is 0 Å². The molecule has 0 saturated carbocycles. The van der Waals surface area contributed by atoms with Gasteiger partial charge < -0.3 is 10.1 Å². The highest BCUT2D eigenvalue weighted by Crippen LogP contribution is 2.32. The Bertz CT molecular complexity index is 1250. The molecule has 0 radical (unpaired) electrons. The van der Waals surface area contributed by atoms with Crippen molar-refractivity contribution in [1.82, 2.24) is 15.5 Å². The van der Waals surface area contributed by atoms with Gasteiger partial charge in [0.2, 0.25) is 0 Å². The van der Waals surface area contributed by atoms with Crippen LogP contribution in [0, 0.1) is 0 Å². The van der Waals surface area contributed by atoms with Crippen LogP contribution >= 0.6 is 0 Å². The van der Waals surface area contributed by atoms with Crippen molar-refractivity contribution in [3.05, 3.63) is 95.6 Å². The highest BCUT2D eigenvalue weighted by Gasteiger charge is 2.30. The summed E-state index contributed by atoms with van der Waals surface area (Å²) in [5.41, 5.74) is 2.86. The van der Waals surface area contributed by atoms with Crippen LogP contribution in [0.25, 0.3) is 22.5 Å². The summed E-state index contributed by atoms with van der Waals surface area (Å²) in [6.07, 6.45) is -4.42. The van der Waals surface area contributed by atoms with Crippen molar-refractivity contribution in [2.45, 2.75) is 12.7 Å². The molecule has 0 bridgehead atoms. The van der Waals surface area contributed by atoms with E-state index in [2.05, 4.69) is 15.5 Å². The van der Waals surface area contributed by atoms with Gasteiger partial charge in [0.25, 0.3) is 5.91 Å². The number of carbonyl (C=O) groups is 1. The fourth-order valence-electron chi connectivity index (χ4n) is 3.30. The van der Waals surface area contributed by atoms with Gasteiger partial charge in [-0.1, -0.05) is 36.4 Å². The van der Waals surface area contributed by atoms with Gasteiger partial charge in [0, 0.05) is 17.7 Å². The van der Waals surface area contributed by atoms with Crippen molar-refractivity contribution in [3.8, 4) is 28.3 Å². The first-order chi connectivity index (χ1) is 15.8. The number of H-pyrrole nitrogens is 1. The Morgan fingerprint density at radius 3 is 2.36 bits per heavy atom. The zero-order valence-electron chi connectivity index (χ0n) is 17.6. The monoisotopic (exact) mass is 451 g/mol. The van der Waals surface area contributed by atoms with E-state index in [0.29, 0.717) is 29.1 Å². The van der Waals surface area contributed by atoms with Gasteiger partial charge in [-0.3, -0.25) is 9.89 Å². The minimum Gasteiger partial charge on any atom is -0.497 e. The number of rotatable bonds is 6. The molecule has 8 heteroatoms. The number of halogens is 3. The van der Waals surface area contributed by atoms with E-state index >= 15 is 0 Å². The Kier molecular flexibility index (Phi) is 6.17. The normalized spacial score (nSPS) is 11.3. The second-order valence-electron chi connectivity index (χ2n) is 7.35. The van der Waals surface area contributed by atoms with Crippen LogP contribution in [0.1, 0.15) is 21.5 Å². The maximum Gasteiger partial charge on any atom is 0.416 e. The zero-order chi connectivity index (χ0) is 23.4. The summed E-state index contributed by atoms with van der Waals surface area (Å²) < 4.78 is 44.0. The van der Waals surface area contributed by atoms with E-state index in [9.17, 15) is 18.0 Å². The zero-order valence-corrected chi connectivity index (χ0v) is 17.6. The number of aromatic nitrogens is 2. The van der Waals surface area contributed by atoms with Gasteiger partial charge in [-0.05, 0) is 53.6 Å². The molecule has 4 aromatic rings. The maximum absolute atomic E-state index is 13.0. The van der Waals surface area contributed by atoms with E-state index in [1.54, 1.807) is 43.5 Å². The molecule has 0 aliphatic carbocycles. The minimum absolute atomic E-state index is 0.216. The summed E-state index contributed by atoms with van der Waals surface area (Å²) in [6.45, 7) is 0.380. The average molecular weight is 451 g/mol. The van der Waals surface area contributed by atoms with Crippen molar-refractivity contribution >= 4 is 5.91 Å². The lowest BCUT2D eigenvalue weighted by molar-refractivity contribution is -0.137. The number of methoxy groups -OCH3 is 1. The first kappa shape index (κ1) is 22.1. The SMILES string of the molecule is COc1ccc(CNC(=O)c2ccc(-c3cc(-c4cccc(C(F)(F)F)c4)n[nH]3)cc2)cc1. The largest absolute Gasteiger partial charge is 0.497 e. The van der Waals surface area contributed by atoms with Crippen LogP contribution in [0.4, 0.5) is 13.2 Å². The van der Waals surface area contributed by atoms with E-state index in [1.165, 1.54) is 6.07 Å². The van der Waals surface area contributed by atoms with Gasteiger partial charge in [0.1, 0.15) is 5.75 Å². The number of carbonyl (C=O) groups excluding carboxylic acids is 1. The van der Waals surface area contributed by atoms with Crippen molar-refractivity contribution in [2.24, 2.45) is 0 Å². The molecule has 1 heterocycles. The van der Waals surface area contributed by atoms with E-state index in [-0.39, 0.29) is 5.91 Å². The number of aromatic amines is 1. The Labute approximate surface area is 188 Å². The summed E-state index contributed by atoms with van der Waals surface area (Å²) in [6, 6.07) is 21.0. The number of benzene rings is 3. The van der Waals surface area contributed by atoms with E-state index in [1.807, 2.05) is 24.3 Å². The number of alkyl halides is 3. The Balaban J connectivity index is 1.43. The molecule has 0 atom stereocenters. The second-order valence-corrected chi connectivity index (χ2v) is 7.35. The Morgan fingerprint density at radius 1 is 0.970 bits per heavy atom. The van der Waals surface area contributed by atoms with Crippen LogP contribution in [-0.4, -0.2) is 23.2 Å². The highest BCUT2D eigenvalue weighted by atomic mass is 19.4. The third-order valence-electron chi connectivity index (χ3n) is 5.13. The molecule has 33 heavy (non-hydrogen) atoms. The van der Waals surface area contributed by atoms with Gasteiger partial charge in [-0.25, -0.2) is 0 Å². The lowest BCUT2D eigenvalue weighted by Gasteiger charge is -2.07. The van der Waals surface area contributed by atoms with Crippen molar-refractivity contribution < 1.29 is 22.7 Å². The molecule has 1 amide bonds. The molecule has 0 unspecified atom stereocenters. The quantitative estimate of drug-likeness (QED) is 0.395. The highest BCUT2D eigenvalue weighted by molar-refractivity contribution is 5.94. The third-order valence-corrected chi connectivity index (χ3v) is 5.13. The van der Waals surface area contributed by atoms with Gasteiger partial charge in [0.15, 0.2) is 0 Å². The summed E-state index contributed by atoms with van der Waals surface area (Å²) in [7, 11) is 1.59. The topological polar surface area (TPSA) is 67.0 Å². The van der Waals surface area contributed by atoms with E-state index in [4.69, 9.17) is 4.74 Å². The molecule has 3 aromatic carbocycles. The minimum atomic E-state index is -4.42. The third kappa shape index (κ3) is 5.23. The predicted molar refractivity (Wildman–Crippen MR) is 119 cm³/mol. The first-order valence-electron chi connectivity index (χ1n) is 10.1. The second kappa shape index (κ2) is 9.20. The molecule has 2 N–H and O–H groups in total. The van der Waals surface area contributed by atoms with Gasteiger partial charge in [0.05, 0.1) is 24.1 Å². The first-order valence-corrected chi connectivity index (χ1v) is 10.1. The molecule has 0 saturated heterocycles. The summed E-state index contributed by atoms with van der Waals surface area (Å²) in [5.74, 6) is 0.530. The summed E-state index contributed by atoms with van der Waals surface area (Å²) >= 11 is 0. The van der Waals surface area contributed by atoms with Crippen molar-refractivity contribution in [2.75, 3.05) is 7.11 Å². The van der Waals surface area contributed by atoms with Crippen LogP contribution < -0.4 is 10.1 Å². The van der Waals surface area contributed by atoms with Gasteiger partial charge >= 0.3 is 6.18 Å². The molecule has 4 rings (SSSR count). The Morgan fingerprint density at radius 2 is 1.70 bits per heavy atom. The number of hydrogen-bond acceptors (Lipinski definition) is 3. The molecular weight excluding hydrogens is 431 g/mol. The number of nitrogens with one attached hydrogen (secondary N) is 2. The van der Waals surface area contributed by atoms with E-state index < -0.39 is 11.7 Å². The van der Waals surface area contributed by atoms with Gasteiger partial charge in [-0.2, -0.15) is 18.3 Å². The average Bonchev–Trinajstić information content (AvgIpc) is 3.33. The van der Waals surface area contributed by atoms with Crippen LogP contribution in [0.2, 0.25) is 0 Å². The number of amides is 1. The lowest BCUT2D eigenvalue weighted by atomic mass is 10.1. The molecule has 0 fully saturated rings. The van der Waals surface area contributed by atoms with Crippen LogP contribution in [0.3, 0.4) is 0 Å². The Hall–Kier alpha value is -4.07.